The maximum atomic E-state index is 12.8. The minimum Gasteiger partial charge on any atom is -0.479 e. The molecule has 1 heterocycles. The fourth-order valence-corrected chi connectivity index (χ4v) is 3.56. The normalized spacial score (nSPS) is 14.7. The van der Waals surface area contributed by atoms with E-state index in [1.54, 1.807) is 73.7 Å². The Morgan fingerprint density at radius 2 is 1.61 bits per heavy atom. The predicted molar refractivity (Wildman–Crippen MR) is 128 cm³/mol. The zero-order valence-corrected chi connectivity index (χ0v) is 18.4. The topological polar surface area (TPSA) is 99.8 Å². The maximum Gasteiger partial charge on any atom is 0.323 e. The Kier molecular flexibility index (Phi) is 6.46. The van der Waals surface area contributed by atoms with E-state index >= 15 is 0 Å². The van der Waals surface area contributed by atoms with Crippen molar-refractivity contribution in [2.75, 3.05) is 27.4 Å². The summed E-state index contributed by atoms with van der Waals surface area (Å²) in [5, 5.41) is 8.67. The van der Waals surface area contributed by atoms with Crippen LogP contribution in [0.3, 0.4) is 0 Å². The summed E-state index contributed by atoms with van der Waals surface area (Å²) >= 11 is 5.95. The zero-order valence-electron chi connectivity index (χ0n) is 17.7. The summed E-state index contributed by atoms with van der Waals surface area (Å²) in [4.78, 5) is 39.1. The second kappa shape index (κ2) is 9.62. The van der Waals surface area contributed by atoms with E-state index in [0.29, 0.717) is 33.5 Å². The van der Waals surface area contributed by atoms with Crippen LogP contribution in [0, 0.1) is 0 Å². The smallest absolute Gasteiger partial charge is 0.323 e. The number of nitrogens with zero attached hydrogens (tertiary/aromatic N) is 1. The number of nitrogens with one attached hydrogen (secondary N) is 3. The first kappa shape index (κ1) is 22.2. The predicted octanol–water partition coefficient (Wildman–Crippen LogP) is 4.74. The number of ether oxygens (including phenoxy) is 1. The summed E-state index contributed by atoms with van der Waals surface area (Å²) in [5.41, 5.74) is 1.98. The van der Waals surface area contributed by atoms with Gasteiger partial charge in [-0.1, -0.05) is 35.9 Å². The van der Waals surface area contributed by atoms with Gasteiger partial charge in [0.25, 0.3) is 5.91 Å². The Morgan fingerprint density at radius 3 is 2.33 bits per heavy atom. The van der Waals surface area contributed by atoms with Gasteiger partial charge >= 0.3 is 6.03 Å². The Bertz CT molecular complexity index is 1200. The molecule has 4 rings (SSSR count). The molecule has 0 aliphatic carbocycles. The summed E-state index contributed by atoms with van der Waals surface area (Å²) in [6.45, 7) is 1.42. The first-order valence-corrected chi connectivity index (χ1v) is 10.6. The average molecular weight is 465 g/mol. The van der Waals surface area contributed by atoms with Gasteiger partial charge in [-0.2, -0.15) is 0 Å². The Hall–Kier alpha value is -4.04. The van der Waals surface area contributed by atoms with Gasteiger partial charge in [-0.15, -0.1) is 0 Å². The lowest BCUT2D eigenvalue weighted by Gasteiger charge is -2.33. The first-order valence-electron chi connectivity index (χ1n) is 10.2. The quantitative estimate of drug-likeness (QED) is 0.508. The van der Waals surface area contributed by atoms with Crippen LogP contribution in [0.5, 0.6) is 5.75 Å². The number of para-hydroxylation sites is 1. The number of hydrogen-bond donors (Lipinski definition) is 3. The van der Waals surface area contributed by atoms with Crippen LogP contribution in [0.25, 0.3) is 0 Å². The molecular formula is C24H21ClN4O4. The van der Waals surface area contributed by atoms with Crippen LogP contribution in [-0.2, 0) is 9.59 Å². The van der Waals surface area contributed by atoms with Crippen molar-refractivity contribution in [3.05, 3.63) is 77.8 Å². The van der Waals surface area contributed by atoms with Gasteiger partial charge < -0.3 is 20.7 Å². The molecule has 3 N–H and O–H groups in total. The fraction of sp³-hybridized carbons (Fsp3) is 0.125. The number of rotatable bonds is 5. The molecule has 8 nitrogen and oxygen atoms in total. The van der Waals surface area contributed by atoms with Gasteiger partial charge in [0.15, 0.2) is 6.10 Å². The molecule has 0 aromatic heterocycles. The Labute approximate surface area is 195 Å². The highest BCUT2D eigenvalue weighted by Crippen LogP contribution is 2.36. The highest BCUT2D eigenvalue weighted by Gasteiger charge is 2.33. The van der Waals surface area contributed by atoms with Crippen LogP contribution in [0.4, 0.5) is 27.5 Å². The van der Waals surface area contributed by atoms with Crippen molar-refractivity contribution in [1.29, 1.82) is 0 Å². The minimum atomic E-state index is -0.744. The molecule has 9 heteroatoms. The molecule has 0 saturated carbocycles. The molecule has 168 valence electrons. The fourth-order valence-electron chi connectivity index (χ4n) is 3.37. The Balaban J connectivity index is 1.51. The van der Waals surface area contributed by atoms with Crippen LogP contribution >= 0.6 is 11.6 Å². The molecule has 0 radical (unpaired) electrons. The average Bonchev–Trinajstić information content (AvgIpc) is 2.78. The van der Waals surface area contributed by atoms with E-state index in [0.717, 1.165) is 0 Å². The molecule has 1 atom stereocenters. The van der Waals surface area contributed by atoms with Crippen LogP contribution in [0.2, 0.25) is 5.02 Å². The third-order valence-electron chi connectivity index (χ3n) is 4.87. The number of urea groups is 1. The van der Waals surface area contributed by atoms with E-state index in [1.165, 1.54) is 4.90 Å². The molecular weight excluding hydrogens is 444 g/mol. The molecule has 4 amide bonds. The largest absolute Gasteiger partial charge is 0.479 e. The second-order valence-electron chi connectivity index (χ2n) is 7.37. The number of benzene rings is 3. The lowest BCUT2D eigenvalue weighted by molar-refractivity contribution is -0.127. The molecule has 3 aromatic carbocycles. The van der Waals surface area contributed by atoms with Gasteiger partial charge in [-0.05, 0) is 55.5 Å². The van der Waals surface area contributed by atoms with Gasteiger partial charge in [0, 0.05) is 22.1 Å². The van der Waals surface area contributed by atoms with Crippen molar-refractivity contribution in [3.63, 3.8) is 0 Å². The number of amides is 4. The van der Waals surface area contributed by atoms with Gasteiger partial charge in [0.2, 0.25) is 5.91 Å². The molecule has 0 saturated heterocycles. The van der Waals surface area contributed by atoms with E-state index in [9.17, 15) is 14.4 Å². The third-order valence-corrected chi connectivity index (χ3v) is 5.10. The SMILES string of the molecule is CC1Oc2ccc(NC(=O)Nc3cccc(Cl)c3)cc2N(CC(=O)Nc2ccccc2)C1=O. The lowest BCUT2D eigenvalue weighted by Crippen LogP contribution is -2.47. The maximum absolute atomic E-state index is 12.8. The third kappa shape index (κ3) is 5.42. The summed E-state index contributed by atoms with van der Waals surface area (Å²) in [7, 11) is 0. The van der Waals surface area contributed by atoms with Crippen LogP contribution < -0.4 is 25.6 Å². The highest BCUT2D eigenvalue weighted by molar-refractivity contribution is 6.30. The summed E-state index contributed by atoms with van der Waals surface area (Å²) in [5.74, 6) is -0.270. The molecule has 1 aliphatic rings. The number of carbonyl (C=O) groups excluding carboxylic acids is 3. The number of fused-ring (bicyclic) bond motifs is 1. The minimum absolute atomic E-state index is 0.202. The highest BCUT2D eigenvalue weighted by atomic mass is 35.5. The van der Waals surface area contributed by atoms with Gasteiger partial charge in [-0.3, -0.25) is 14.5 Å². The Morgan fingerprint density at radius 1 is 0.909 bits per heavy atom. The number of hydrogen-bond acceptors (Lipinski definition) is 4. The lowest BCUT2D eigenvalue weighted by atomic mass is 10.1. The van der Waals surface area contributed by atoms with Crippen molar-refractivity contribution in [2.45, 2.75) is 13.0 Å². The van der Waals surface area contributed by atoms with Crippen LogP contribution in [0.1, 0.15) is 6.92 Å². The van der Waals surface area contributed by atoms with Crippen molar-refractivity contribution in [1.82, 2.24) is 0 Å². The van der Waals surface area contributed by atoms with Gasteiger partial charge in [0.1, 0.15) is 12.3 Å². The van der Waals surface area contributed by atoms with E-state index in [-0.39, 0.29) is 18.4 Å². The standard InChI is InChI=1S/C24H21ClN4O4/c1-15-23(31)29(14-22(30)26-17-7-3-2-4-8-17)20-13-19(10-11-21(20)33-15)28-24(32)27-18-9-5-6-16(25)12-18/h2-13,15H,14H2,1H3,(H,26,30)(H2,27,28,32). The van der Waals surface area contributed by atoms with Crippen molar-refractivity contribution in [2.24, 2.45) is 0 Å². The van der Waals surface area contributed by atoms with Crippen LogP contribution in [0.15, 0.2) is 72.8 Å². The number of halogens is 1. The van der Waals surface area contributed by atoms with Crippen molar-refractivity contribution < 1.29 is 19.1 Å². The molecule has 0 spiro atoms. The molecule has 1 unspecified atom stereocenters. The monoisotopic (exact) mass is 464 g/mol. The molecule has 33 heavy (non-hydrogen) atoms. The number of carbonyl (C=O) groups is 3. The van der Waals surface area contributed by atoms with Crippen molar-refractivity contribution >= 4 is 52.2 Å². The summed E-state index contributed by atoms with van der Waals surface area (Å²) in [6, 6.07) is 20.1. The summed E-state index contributed by atoms with van der Waals surface area (Å²) in [6.07, 6.45) is -0.744. The van der Waals surface area contributed by atoms with Crippen LogP contribution in [-0.4, -0.2) is 30.5 Å². The van der Waals surface area contributed by atoms with E-state index in [2.05, 4.69) is 16.0 Å². The van der Waals surface area contributed by atoms with E-state index in [4.69, 9.17) is 16.3 Å². The second-order valence-corrected chi connectivity index (χ2v) is 7.81. The van der Waals surface area contributed by atoms with Gasteiger partial charge in [-0.25, -0.2) is 4.79 Å². The molecule has 0 fully saturated rings. The van der Waals surface area contributed by atoms with Crippen molar-refractivity contribution in [3.8, 4) is 5.75 Å². The molecule has 3 aromatic rings. The molecule has 1 aliphatic heterocycles. The summed E-state index contributed by atoms with van der Waals surface area (Å²) < 4.78 is 5.68. The van der Waals surface area contributed by atoms with E-state index in [1.807, 2.05) is 6.07 Å². The zero-order chi connectivity index (χ0) is 23.4. The number of anilines is 4. The van der Waals surface area contributed by atoms with Gasteiger partial charge in [0.05, 0.1) is 5.69 Å². The first-order chi connectivity index (χ1) is 15.9. The van der Waals surface area contributed by atoms with E-state index < -0.39 is 12.1 Å². The molecule has 0 bridgehead atoms.